The van der Waals surface area contributed by atoms with Gasteiger partial charge in [0.05, 0.1) is 21.0 Å². The van der Waals surface area contributed by atoms with E-state index in [4.69, 9.17) is 0 Å². The molecule has 0 aromatic rings. The van der Waals surface area contributed by atoms with Gasteiger partial charge >= 0.3 is 17.8 Å². The lowest BCUT2D eigenvalue weighted by Crippen LogP contribution is -2.47. The molecule has 12 heteroatoms. The Hall–Kier alpha value is -1.56. The van der Waals surface area contributed by atoms with Crippen molar-refractivity contribution < 1.29 is 43.2 Å². The van der Waals surface area contributed by atoms with Crippen LogP contribution in [0.3, 0.4) is 0 Å². The zero-order valence-electron chi connectivity index (χ0n) is 15.4. The first-order valence-corrected chi connectivity index (χ1v) is 11.2. The van der Waals surface area contributed by atoms with Crippen LogP contribution in [0.25, 0.3) is 0 Å². The molecule has 0 N–H and O–H groups in total. The van der Waals surface area contributed by atoms with Crippen LogP contribution in [-0.4, -0.2) is 34.6 Å². The number of hydrogen-bond donors (Lipinski definition) is 0. The normalized spacial score (nSPS) is 39.7. The van der Waals surface area contributed by atoms with Crippen molar-refractivity contribution in [3.63, 3.8) is 0 Å². The predicted octanol–water partition coefficient (Wildman–Crippen LogP) is 4.10. The Bertz CT molecular complexity index is 1150. The van der Waals surface area contributed by atoms with Gasteiger partial charge in [-0.25, -0.2) is 16.8 Å². The zero-order chi connectivity index (χ0) is 22.4. The van der Waals surface area contributed by atoms with Crippen molar-refractivity contribution in [1.82, 2.24) is 0 Å². The van der Waals surface area contributed by atoms with Gasteiger partial charge in [0.15, 0.2) is 19.7 Å². The highest BCUT2D eigenvalue weighted by atomic mass is 32.2. The van der Waals surface area contributed by atoms with Gasteiger partial charge in [-0.2, -0.15) is 26.3 Å². The lowest BCUT2D eigenvalue weighted by Gasteiger charge is -2.44. The van der Waals surface area contributed by atoms with Crippen LogP contribution in [0, 0.1) is 10.8 Å². The molecule has 0 unspecified atom stereocenters. The summed E-state index contributed by atoms with van der Waals surface area (Å²) in [6.45, 7) is 4.18. The Kier molecular flexibility index (Phi) is 3.34. The average molecular weight is 460 g/mol. The second-order valence-corrected chi connectivity index (χ2v) is 12.2. The van der Waals surface area contributed by atoms with Gasteiger partial charge in [-0.05, 0) is 13.8 Å². The van der Waals surface area contributed by atoms with E-state index in [9.17, 15) is 43.2 Å². The molecule has 2 heterocycles. The van der Waals surface area contributed by atoms with Gasteiger partial charge in [-0.1, -0.05) is 26.0 Å². The van der Waals surface area contributed by atoms with Gasteiger partial charge < -0.3 is 0 Å². The topological polar surface area (TPSA) is 68.3 Å². The second kappa shape index (κ2) is 4.68. The largest absolute Gasteiger partial charge is 0.380 e. The average Bonchev–Trinajstić information content (AvgIpc) is 2.88. The van der Waals surface area contributed by atoms with Crippen LogP contribution < -0.4 is 0 Å². The van der Waals surface area contributed by atoms with Crippen molar-refractivity contribution in [3.8, 4) is 0 Å². The molecule has 4 aliphatic rings. The van der Waals surface area contributed by atoms with Gasteiger partial charge in [0.1, 0.15) is 0 Å². The molecule has 0 saturated heterocycles. The number of allylic oxidation sites excluding steroid dienone is 8. The molecule has 0 spiro atoms. The standard InChI is InChI=1S/C17H14F6O4S2/c1-7-5-13(3)11(28(7,24)25)9-10(16(20,21)17(22,23)15(9,18)19)12-14(13,4)6-8(2)29(12,26)27/h5-6H,1-4H3/t13-,14-/m0/s1. The van der Waals surface area contributed by atoms with Gasteiger partial charge in [-0.15, -0.1) is 0 Å². The molecule has 2 aliphatic heterocycles. The number of fused-ring (bicyclic) bond motifs is 4. The van der Waals surface area contributed by atoms with E-state index in [1.165, 1.54) is 0 Å². The zero-order valence-corrected chi connectivity index (χ0v) is 17.0. The Morgan fingerprint density at radius 2 is 0.931 bits per heavy atom. The highest BCUT2D eigenvalue weighted by molar-refractivity contribution is 8.00. The fourth-order valence-corrected chi connectivity index (χ4v) is 8.96. The van der Waals surface area contributed by atoms with Crippen LogP contribution in [-0.2, 0) is 19.7 Å². The molecule has 1 fully saturated rings. The van der Waals surface area contributed by atoms with Crippen molar-refractivity contribution in [2.24, 2.45) is 10.8 Å². The third-order valence-corrected chi connectivity index (χ3v) is 10.8. The molecule has 4 rings (SSSR count). The Balaban J connectivity index is 2.38. The molecular weight excluding hydrogens is 446 g/mol. The molecule has 29 heavy (non-hydrogen) atoms. The maximum Gasteiger partial charge on any atom is 0.380 e. The highest BCUT2D eigenvalue weighted by Crippen LogP contribution is 2.74. The Morgan fingerprint density at radius 3 is 1.21 bits per heavy atom. The van der Waals surface area contributed by atoms with Crippen LogP contribution in [0.5, 0.6) is 0 Å². The molecule has 2 aliphatic carbocycles. The van der Waals surface area contributed by atoms with E-state index >= 15 is 0 Å². The van der Waals surface area contributed by atoms with E-state index in [1.807, 2.05) is 0 Å². The molecule has 160 valence electrons. The third kappa shape index (κ3) is 1.73. The summed E-state index contributed by atoms with van der Waals surface area (Å²) in [4.78, 5) is -3.61. The maximum absolute atomic E-state index is 14.7. The van der Waals surface area contributed by atoms with Crippen LogP contribution in [0.15, 0.2) is 42.9 Å². The van der Waals surface area contributed by atoms with Crippen LogP contribution in [0.1, 0.15) is 27.7 Å². The number of rotatable bonds is 0. The summed E-state index contributed by atoms with van der Waals surface area (Å²) in [6, 6.07) is 0. The first kappa shape index (κ1) is 20.7. The SMILES string of the molecule is CC1=C[C@@]2(C)C(=C3C(=C4[C@]2(C)C=C(C)S4(=O)=O)C(F)(F)C(F)(F)C3(F)F)S1(=O)=O. The summed E-state index contributed by atoms with van der Waals surface area (Å²) in [5, 5.41) is 0. The van der Waals surface area contributed by atoms with Crippen LogP contribution in [0.2, 0.25) is 0 Å². The van der Waals surface area contributed by atoms with E-state index in [0.717, 1.165) is 39.8 Å². The molecule has 0 radical (unpaired) electrons. The molecule has 0 aromatic heterocycles. The quantitative estimate of drug-likeness (QED) is 0.511. The monoisotopic (exact) mass is 460 g/mol. The number of sulfone groups is 2. The summed E-state index contributed by atoms with van der Waals surface area (Å²) in [6.07, 6.45) is 1.94. The fourth-order valence-electron chi connectivity index (χ4n) is 4.88. The summed E-state index contributed by atoms with van der Waals surface area (Å²) >= 11 is 0. The first-order valence-electron chi connectivity index (χ1n) is 8.27. The summed E-state index contributed by atoms with van der Waals surface area (Å²) in [5.41, 5.74) is -8.37. The van der Waals surface area contributed by atoms with Crippen LogP contribution >= 0.6 is 0 Å². The van der Waals surface area contributed by atoms with E-state index in [0.29, 0.717) is 0 Å². The van der Waals surface area contributed by atoms with E-state index < -0.39 is 79.0 Å². The third-order valence-electron chi connectivity index (χ3n) is 6.51. The molecule has 1 saturated carbocycles. The minimum Gasteiger partial charge on any atom is -0.219 e. The van der Waals surface area contributed by atoms with Gasteiger partial charge in [-0.3, -0.25) is 0 Å². The summed E-state index contributed by atoms with van der Waals surface area (Å²) in [5.74, 6) is -17.2. The molecule has 2 atom stereocenters. The van der Waals surface area contributed by atoms with Crippen molar-refractivity contribution >= 4 is 19.7 Å². The maximum atomic E-state index is 14.7. The van der Waals surface area contributed by atoms with Crippen LogP contribution in [0.4, 0.5) is 26.3 Å². The van der Waals surface area contributed by atoms with E-state index in [1.54, 1.807) is 0 Å². The number of alkyl halides is 6. The smallest absolute Gasteiger partial charge is 0.219 e. The Labute approximate surface area is 162 Å². The Morgan fingerprint density at radius 1 is 0.655 bits per heavy atom. The van der Waals surface area contributed by atoms with Gasteiger partial charge in [0, 0.05) is 20.6 Å². The minimum absolute atomic E-state index is 0.506. The van der Waals surface area contributed by atoms with Gasteiger partial charge in [0.2, 0.25) is 0 Å². The fraction of sp³-hybridized carbons (Fsp3) is 0.529. The molecule has 0 aromatic carbocycles. The lowest BCUT2D eigenvalue weighted by molar-refractivity contribution is -0.258. The molecule has 4 nitrogen and oxygen atoms in total. The molecule has 0 bridgehead atoms. The van der Waals surface area contributed by atoms with Crippen molar-refractivity contribution in [3.05, 3.63) is 42.9 Å². The highest BCUT2D eigenvalue weighted by Gasteiger charge is 2.85. The number of halogens is 6. The first-order chi connectivity index (χ1) is 12.7. The van der Waals surface area contributed by atoms with Crippen molar-refractivity contribution in [2.45, 2.75) is 45.5 Å². The summed E-state index contributed by atoms with van der Waals surface area (Å²) in [7, 11) is -9.61. The van der Waals surface area contributed by atoms with E-state index in [2.05, 4.69) is 0 Å². The lowest BCUT2D eigenvalue weighted by atomic mass is 9.60. The summed E-state index contributed by atoms with van der Waals surface area (Å²) < 4.78 is 139. The van der Waals surface area contributed by atoms with Crippen molar-refractivity contribution in [1.29, 1.82) is 0 Å². The van der Waals surface area contributed by atoms with Gasteiger partial charge in [0.25, 0.3) is 0 Å². The predicted molar refractivity (Wildman–Crippen MR) is 90.5 cm³/mol. The minimum atomic E-state index is -6.02. The number of hydrogen-bond acceptors (Lipinski definition) is 4. The van der Waals surface area contributed by atoms with E-state index in [-0.39, 0.29) is 0 Å². The molecule has 0 amide bonds. The second-order valence-electron chi connectivity index (χ2n) is 8.05. The van der Waals surface area contributed by atoms with Crippen molar-refractivity contribution in [2.75, 3.05) is 0 Å². The molecular formula is C17H14F6O4S2.